The van der Waals surface area contributed by atoms with Crippen LogP contribution in [0.5, 0.6) is 11.5 Å². The molecule has 2 aromatic rings. The number of nitrogens with zero attached hydrogens (tertiary/aromatic N) is 2. The first-order chi connectivity index (χ1) is 13.9. The van der Waals surface area contributed by atoms with E-state index >= 15 is 0 Å². The third kappa shape index (κ3) is 4.40. The molecule has 0 spiro atoms. The van der Waals surface area contributed by atoms with Crippen LogP contribution in [0.1, 0.15) is 12.8 Å². The number of carbonyl (C=O) groups excluding carboxylic acids is 1. The monoisotopic (exact) mass is 417 g/mol. The Labute approximate surface area is 170 Å². The molecule has 0 radical (unpaired) electrons. The number of hydrogen-bond acceptors (Lipinski definition) is 6. The van der Waals surface area contributed by atoms with E-state index in [-0.39, 0.29) is 13.3 Å². The molecule has 2 aromatic carbocycles. The zero-order valence-corrected chi connectivity index (χ0v) is 16.9. The Morgan fingerprint density at radius 3 is 2.45 bits per heavy atom. The average molecular weight is 417 g/mol. The lowest BCUT2D eigenvalue weighted by atomic mass is 10.2. The molecule has 0 bridgehead atoms. The van der Waals surface area contributed by atoms with Crippen LogP contribution in [-0.2, 0) is 14.8 Å². The summed E-state index contributed by atoms with van der Waals surface area (Å²) in [6.07, 6.45) is 3.45. The molecule has 2 aliphatic heterocycles. The van der Waals surface area contributed by atoms with Crippen molar-refractivity contribution >= 4 is 33.0 Å². The van der Waals surface area contributed by atoms with Gasteiger partial charge in [-0.25, -0.2) is 8.42 Å². The largest absolute Gasteiger partial charge is 0.454 e. The van der Waals surface area contributed by atoms with Crippen LogP contribution in [0.3, 0.4) is 0 Å². The molecule has 1 N–H and O–H groups in total. The van der Waals surface area contributed by atoms with E-state index in [9.17, 15) is 13.2 Å². The number of rotatable bonds is 6. The van der Waals surface area contributed by atoms with Crippen molar-refractivity contribution in [3.8, 4) is 11.5 Å². The van der Waals surface area contributed by atoms with E-state index in [4.69, 9.17) is 9.47 Å². The maximum atomic E-state index is 12.5. The minimum atomic E-state index is -3.67. The normalized spacial score (nSPS) is 15.4. The zero-order chi connectivity index (χ0) is 20.4. The third-order valence-electron chi connectivity index (χ3n) is 4.95. The van der Waals surface area contributed by atoms with Gasteiger partial charge in [0.05, 0.1) is 11.9 Å². The Balaban J connectivity index is 1.46. The number of benzene rings is 2. The lowest BCUT2D eigenvalue weighted by Gasteiger charge is -2.22. The van der Waals surface area contributed by atoms with Crippen molar-refractivity contribution in [2.24, 2.45) is 0 Å². The van der Waals surface area contributed by atoms with Gasteiger partial charge in [-0.2, -0.15) is 0 Å². The van der Waals surface area contributed by atoms with Gasteiger partial charge >= 0.3 is 0 Å². The number of hydrogen-bond donors (Lipinski definition) is 1. The molecule has 1 saturated heterocycles. The number of fused-ring (bicyclic) bond motifs is 1. The molecule has 1 fully saturated rings. The highest BCUT2D eigenvalue weighted by atomic mass is 32.2. The van der Waals surface area contributed by atoms with Gasteiger partial charge in [-0.05, 0) is 49.2 Å². The first-order valence-corrected chi connectivity index (χ1v) is 11.3. The molecule has 8 nitrogen and oxygen atoms in total. The molecule has 1 amide bonds. The highest BCUT2D eigenvalue weighted by Crippen LogP contribution is 2.36. The van der Waals surface area contributed by atoms with Gasteiger partial charge in [-0.3, -0.25) is 9.10 Å². The van der Waals surface area contributed by atoms with Gasteiger partial charge in [0.2, 0.25) is 22.7 Å². The van der Waals surface area contributed by atoms with Crippen molar-refractivity contribution in [2.45, 2.75) is 12.8 Å². The highest BCUT2D eigenvalue weighted by Gasteiger charge is 2.24. The van der Waals surface area contributed by atoms with E-state index in [1.165, 1.54) is 12.8 Å². The van der Waals surface area contributed by atoms with Crippen LogP contribution in [-0.4, -0.2) is 47.0 Å². The summed E-state index contributed by atoms with van der Waals surface area (Å²) in [6, 6.07) is 12.4. The summed E-state index contributed by atoms with van der Waals surface area (Å²) in [6.45, 7) is 1.84. The van der Waals surface area contributed by atoms with Crippen molar-refractivity contribution < 1.29 is 22.7 Å². The predicted molar refractivity (Wildman–Crippen MR) is 111 cm³/mol. The molecule has 154 valence electrons. The molecule has 0 aliphatic carbocycles. The number of sulfonamides is 1. The zero-order valence-electron chi connectivity index (χ0n) is 16.1. The molecule has 0 aromatic heterocycles. The van der Waals surface area contributed by atoms with Crippen LogP contribution >= 0.6 is 0 Å². The van der Waals surface area contributed by atoms with Crippen molar-refractivity contribution in [2.75, 3.05) is 47.2 Å². The number of anilines is 3. The van der Waals surface area contributed by atoms with Gasteiger partial charge < -0.3 is 19.7 Å². The van der Waals surface area contributed by atoms with Crippen molar-refractivity contribution in [1.29, 1.82) is 0 Å². The Bertz CT molecular complexity index is 1000. The van der Waals surface area contributed by atoms with Gasteiger partial charge in [0.25, 0.3) is 0 Å². The summed E-state index contributed by atoms with van der Waals surface area (Å²) in [4.78, 5) is 14.8. The quantitative estimate of drug-likeness (QED) is 0.777. The number of carbonyl (C=O) groups is 1. The van der Waals surface area contributed by atoms with Crippen molar-refractivity contribution in [3.05, 3.63) is 42.5 Å². The smallest absolute Gasteiger partial charge is 0.245 e. The van der Waals surface area contributed by atoms with Crippen molar-refractivity contribution in [1.82, 2.24) is 0 Å². The summed E-state index contributed by atoms with van der Waals surface area (Å²) < 4.78 is 36.2. The summed E-state index contributed by atoms with van der Waals surface area (Å²) in [5.74, 6) is 0.570. The Morgan fingerprint density at radius 2 is 1.76 bits per heavy atom. The SMILES string of the molecule is CS(=O)(=O)N(CC(=O)Nc1ccc(N2CCCC2)cc1)c1ccc2c(c1)OCO2. The number of amides is 1. The van der Waals surface area contributed by atoms with E-state index in [0.29, 0.717) is 22.9 Å². The maximum absolute atomic E-state index is 12.5. The van der Waals surface area contributed by atoms with Crippen molar-refractivity contribution in [3.63, 3.8) is 0 Å². The Morgan fingerprint density at radius 1 is 1.07 bits per heavy atom. The molecule has 2 heterocycles. The van der Waals surface area contributed by atoms with E-state index in [1.807, 2.05) is 24.3 Å². The maximum Gasteiger partial charge on any atom is 0.245 e. The minimum absolute atomic E-state index is 0.0889. The topological polar surface area (TPSA) is 88.2 Å². The number of ether oxygens (including phenoxy) is 2. The lowest BCUT2D eigenvalue weighted by Crippen LogP contribution is -2.37. The van der Waals surface area contributed by atoms with Crippen LogP contribution in [0, 0.1) is 0 Å². The van der Waals surface area contributed by atoms with Crippen LogP contribution in [0.15, 0.2) is 42.5 Å². The molecule has 0 unspecified atom stereocenters. The van der Waals surface area contributed by atoms with E-state index < -0.39 is 15.9 Å². The molecule has 2 aliphatic rings. The van der Waals surface area contributed by atoms with Gasteiger partial charge in [0.1, 0.15) is 6.54 Å². The second-order valence-corrected chi connectivity index (χ2v) is 9.00. The fourth-order valence-electron chi connectivity index (χ4n) is 3.50. The van der Waals surface area contributed by atoms with E-state index in [0.717, 1.165) is 29.3 Å². The van der Waals surface area contributed by atoms with Gasteiger partial charge in [-0.1, -0.05) is 0 Å². The average Bonchev–Trinajstić information content (AvgIpc) is 3.37. The summed E-state index contributed by atoms with van der Waals surface area (Å²) in [7, 11) is -3.67. The second-order valence-electron chi connectivity index (χ2n) is 7.10. The summed E-state index contributed by atoms with van der Waals surface area (Å²) in [5, 5.41) is 2.76. The molecule has 0 atom stereocenters. The van der Waals surface area contributed by atoms with E-state index in [2.05, 4.69) is 10.2 Å². The van der Waals surface area contributed by atoms with Crippen LogP contribution < -0.4 is 24.0 Å². The third-order valence-corrected chi connectivity index (χ3v) is 6.09. The lowest BCUT2D eigenvalue weighted by molar-refractivity contribution is -0.114. The van der Waals surface area contributed by atoms with Gasteiger partial charge in [0, 0.05) is 30.5 Å². The van der Waals surface area contributed by atoms with Gasteiger partial charge in [-0.15, -0.1) is 0 Å². The Hall–Kier alpha value is -2.94. The molecule has 29 heavy (non-hydrogen) atoms. The van der Waals surface area contributed by atoms with Crippen LogP contribution in [0.25, 0.3) is 0 Å². The molecule has 0 saturated carbocycles. The molecule has 9 heteroatoms. The fourth-order valence-corrected chi connectivity index (χ4v) is 4.35. The molecular weight excluding hydrogens is 394 g/mol. The standard InChI is InChI=1S/C20H23N3O5S/c1-29(25,26)23(17-8-9-18-19(12-17)28-14-27-18)13-20(24)21-15-4-6-16(7-5-15)22-10-2-3-11-22/h4-9,12H,2-3,10-11,13-14H2,1H3,(H,21,24). The molecular formula is C20H23N3O5S. The Kier molecular flexibility index (Phi) is 5.23. The fraction of sp³-hybridized carbons (Fsp3) is 0.350. The predicted octanol–water partition coefficient (Wildman–Crippen LogP) is 2.42. The minimum Gasteiger partial charge on any atom is -0.454 e. The van der Waals surface area contributed by atoms with E-state index in [1.54, 1.807) is 18.2 Å². The first-order valence-electron chi connectivity index (χ1n) is 9.42. The first kappa shape index (κ1) is 19.4. The van der Waals surface area contributed by atoms with Crippen LogP contribution in [0.4, 0.5) is 17.1 Å². The van der Waals surface area contributed by atoms with Gasteiger partial charge in [0.15, 0.2) is 11.5 Å². The summed E-state index contributed by atoms with van der Waals surface area (Å²) >= 11 is 0. The highest BCUT2D eigenvalue weighted by molar-refractivity contribution is 7.92. The molecule has 4 rings (SSSR count). The number of nitrogens with one attached hydrogen (secondary N) is 1. The van der Waals surface area contributed by atoms with Crippen LogP contribution in [0.2, 0.25) is 0 Å². The second kappa shape index (κ2) is 7.82. The summed E-state index contributed by atoms with van der Waals surface area (Å²) in [5.41, 5.74) is 2.09.